The van der Waals surface area contributed by atoms with Gasteiger partial charge in [-0.25, -0.2) is 5.32 Å². The second kappa shape index (κ2) is 4.93. The lowest BCUT2D eigenvalue weighted by Crippen LogP contribution is -2.11. The molecule has 4 heteroatoms. The Kier molecular flexibility index (Phi) is 4.79. The molecule has 0 heterocycles. The van der Waals surface area contributed by atoms with E-state index in [1.54, 1.807) is 0 Å². The molecule has 0 rings (SSSR count). The van der Waals surface area contributed by atoms with Gasteiger partial charge in [0.15, 0.2) is 0 Å². The summed E-state index contributed by atoms with van der Waals surface area (Å²) in [6.07, 6.45) is 0. The van der Waals surface area contributed by atoms with Crippen LogP contribution in [-0.2, 0) is 0 Å². The van der Waals surface area contributed by atoms with Crippen LogP contribution in [0, 0.1) is 0 Å². The van der Waals surface area contributed by atoms with Gasteiger partial charge in [-0.15, -0.1) is 0 Å². The van der Waals surface area contributed by atoms with Gasteiger partial charge < -0.3 is 0 Å². The maximum atomic E-state index is 10.3. The third-order valence-electron chi connectivity index (χ3n) is 0.486. The van der Waals surface area contributed by atoms with Crippen LogP contribution >= 0.6 is 11.9 Å². The molecule has 0 saturated heterocycles. The molecule has 0 fully saturated rings. The quantitative estimate of drug-likeness (QED) is 0.561. The Labute approximate surface area is 53.4 Å². The zero-order valence-corrected chi connectivity index (χ0v) is 5.79. The van der Waals surface area contributed by atoms with Gasteiger partial charge in [0.1, 0.15) is 0 Å². The van der Waals surface area contributed by atoms with Crippen LogP contribution < -0.4 is 10.0 Å². The van der Waals surface area contributed by atoms with Crippen LogP contribution in [-0.4, -0.2) is 18.8 Å². The largest absolute Gasteiger partial charge is 0.315 e. The average molecular weight is 133 g/mol. The van der Waals surface area contributed by atoms with Gasteiger partial charge in [-0.1, -0.05) is 6.92 Å². The molecule has 3 nitrogen and oxygen atoms in total. The van der Waals surface area contributed by atoms with E-state index < -0.39 is 0 Å². The summed E-state index contributed by atoms with van der Waals surface area (Å²) in [5.74, 6) is 0. The number of amides is 1. The lowest BCUT2D eigenvalue weighted by molar-refractivity contribution is 0.261. The summed E-state index contributed by atoms with van der Waals surface area (Å²) in [4.78, 5) is 10.3. The topological polar surface area (TPSA) is 43.2 Å². The third-order valence-corrected chi connectivity index (χ3v) is 1.28. The Hall–Kier alpha value is -0.220. The molecule has 1 N–H and O–H groups in total. The minimum absolute atomic E-state index is 0.174. The fourth-order valence-corrected chi connectivity index (χ4v) is 0.539. The molecule has 0 aromatic heterocycles. The highest BCUT2D eigenvalue weighted by molar-refractivity contribution is 8.11. The van der Waals surface area contributed by atoms with Crippen LogP contribution in [0.5, 0.6) is 0 Å². The van der Waals surface area contributed by atoms with Crippen molar-refractivity contribution in [2.75, 3.05) is 13.6 Å². The van der Waals surface area contributed by atoms with Crippen molar-refractivity contribution in [1.82, 2.24) is 10.0 Å². The van der Waals surface area contributed by atoms with E-state index in [0.29, 0.717) is 0 Å². The van der Waals surface area contributed by atoms with Crippen LogP contribution in [0.2, 0.25) is 0 Å². The molecular weight excluding hydrogens is 124 g/mol. The molecule has 0 atom stereocenters. The Morgan fingerprint density at radius 3 is 2.88 bits per heavy atom. The number of hydrogen-bond acceptors (Lipinski definition) is 3. The van der Waals surface area contributed by atoms with Gasteiger partial charge in [-0.3, -0.25) is 9.52 Å². The fourth-order valence-electron chi connectivity index (χ4n) is 0.180. The maximum Gasteiger partial charge on any atom is 0.315 e. The highest BCUT2D eigenvalue weighted by atomic mass is 32.2. The van der Waals surface area contributed by atoms with E-state index >= 15 is 0 Å². The minimum atomic E-state index is -0.174. The van der Waals surface area contributed by atoms with Crippen molar-refractivity contribution in [2.45, 2.75) is 6.92 Å². The van der Waals surface area contributed by atoms with E-state index in [1.165, 1.54) is 7.05 Å². The van der Waals surface area contributed by atoms with Gasteiger partial charge in [-0.05, 0) is 0 Å². The van der Waals surface area contributed by atoms with Gasteiger partial charge in [-0.2, -0.15) is 0 Å². The van der Waals surface area contributed by atoms with Crippen molar-refractivity contribution < 1.29 is 4.79 Å². The molecule has 0 aliphatic heterocycles. The van der Waals surface area contributed by atoms with Crippen molar-refractivity contribution in [3.05, 3.63) is 0 Å². The second-order valence-electron chi connectivity index (χ2n) is 1.09. The van der Waals surface area contributed by atoms with Crippen molar-refractivity contribution in [3.8, 4) is 0 Å². The Morgan fingerprint density at radius 2 is 2.50 bits per heavy atom. The van der Waals surface area contributed by atoms with Crippen LogP contribution in [0.3, 0.4) is 0 Å². The molecule has 0 saturated carbocycles. The molecule has 0 aliphatic carbocycles. The van der Waals surface area contributed by atoms with Crippen LogP contribution in [0.4, 0.5) is 4.79 Å². The third kappa shape index (κ3) is 3.95. The average Bonchev–Trinajstić information content (AvgIpc) is 1.83. The number of nitrogens with one attached hydrogen (secondary N) is 1. The summed E-state index contributed by atoms with van der Waals surface area (Å²) < 4.78 is 2.77. The molecule has 0 aliphatic rings. The minimum Gasteiger partial charge on any atom is -0.258 e. The van der Waals surface area contributed by atoms with Gasteiger partial charge in [0.05, 0.1) is 0 Å². The van der Waals surface area contributed by atoms with Crippen molar-refractivity contribution in [3.63, 3.8) is 0 Å². The Morgan fingerprint density at radius 1 is 1.88 bits per heavy atom. The zero-order valence-electron chi connectivity index (χ0n) is 4.97. The highest BCUT2D eigenvalue weighted by Crippen LogP contribution is 1.92. The summed E-state index contributed by atoms with van der Waals surface area (Å²) in [7, 11) is 1.48. The highest BCUT2D eigenvalue weighted by Gasteiger charge is 1.94. The van der Waals surface area contributed by atoms with Crippen LogP contribution in [0.15, 0.2) is 0 Å². The molecule has 0 unspecified atom stereocenters. The van der Waals surface area contributed by atoms with E-state index in [1.807, 2.05) is 6.92 Å². The first kappa shape index (κ1) is 7.78. The number of rotatable bonds is 2. The Bertz CT molecular complexity index is 76.4. The van der Waals surface area contributed by atoms with Crippen molar-refractivity contribution in [1.29, 1.82) is 0 Å². The molecule has 0 aromatic carbocycles. The fraction of sp³-hybridized carbons (Fsp3) is 0.750. The summed E-state index contributed by atoms with van der Waals surface area (Å²) in [5.41, 5.74) is 0. The summed E-state index contributed by atoms with van der Waals surface area (Å²) in [6, 6.07) is 0. The molecule has 8 heavy (non-hydrogen) atoms. The second-order valence-corrected chi connectivity index (χ2v) is 1.93. The number of carbonyl (C=O) groups is 1. The predicted molar refractivity (Wildman–Crippen MR) is 34.7 cm³/mol. The van der Waals surface area contributed by atoms with E-state index in [9.17, 15) is 4.79 Å². The summed E-state index contributed by atoms with van der Waals surface area (Å²) >= 11 is 1.02. The first-order valence-electron chi connectivity index (χ1n) is 2.34. The summed E-state index contributed by atoms with van der Waals surface area (Å²) in [6.45, 7) is 2.71. The molecular formula is C4H9N2OS. The monoisotopic (exact) mass is 133 g/mol. The Balaban J connectivity index is 2.99. The molecule has 47 valence electrons. The number of carbonyl (C=O) groups excluding carboxylic acids is 1. The van der Waals surface area contributed by atoms with Gasteiger partial charge in [0.25, 0.3) is 0 Å². The van der Waals surface area contributed by atoms with Gasteiger partial charge in [0, 0.05) is 25.5 Å². The van der Waals surface area contributed by atoms with Crippen molar-refractivity contribution in [2.24, 2.45) is 0 Å². The number of nitrogens with zero attached hydrogens (tertiary/aromatic N) is 1. The van der Waals surface area contributed by atoms with E-state index in [0.717, 1.165) is 18.5 Å². The predicted octanol–water partition coefficient (Wildman–Crippen LogP) is 0.598. The van der Waals surface area contributed by atoms with Crippen LogP contribution in [0.1, 0.15) is 6.92 Å². The van der Waals surface area contributed by atoms with Gasteiger partial charge >= 0.3 is 5.24 Å². The summed E-state index contributed by atoms with van der Waals surface area (Å²) in [5, 5.41) is 3.21. The smallest absolute Gasteiger partial charge is 0.258 e. The molecule has 0 aromatic rings. The number of hydrogen-bond donors (Lipinski definition) is 1. The zero-order chi connectivity index (χ0) is 6.41. The lowest BCUT2D eigenvalue weighted by Gasteiger charge is -1.93. The molecule has 1 amide bonds. The van der Waals surface area contributed by atoms with E-state index in [4.69, 9.17) is 0 Å². The molecule has 1 radical (unpaired) electrons. The first-order chi connectivity index (χ1) is 3.81. The molecule has 0 spiro atoms. The maximum absolute atomic E-state index is 10.3. The first-order valence-corrected chi connectivity index (χ1v) is 3.16. The van der Waals surface area contributed by atoms with E-state index in [2.05, 4.69) is 10.0 Å². The molecule has 0 bridgehead atoms. The van der Waals surface area contributed by atoms with Crippen molar-refractivity contribution >= 4 is 17.2 Å². The van der Waals surface area contributed by atoms with Crippen LogP contribution in [0.25, 0.3) is 0 Å². The SMILES string of the molecule is CCNSC(=O)[N]C. The lowest BCUT2D eigenvalue weighted by atomic mass is 10.8. The normalized spacial score (nSPS) is 8.75. The standard InChI is InChI=1S/C4H9N2OS/c1-3-6-8-4(7)5-2/h6H,3H2,1-2H3. The van der Waals surface area contributed by atoms with Gasteiger partial charge in [0.2, 0.25) is 0 Å². The van der Waals surface area contributed by atoms with E-state index in [-0.39, 0.29) is 5.24 Å².